The molecule has 140 valence electrons. The van der Waals surface area contributed by atoms with Crippen molar-refractivity contribution in [1.82, 2.24) is 4.90 Å². The lowest BCUT2D eigenvalue weighted by molar-refractivity contribution is -0.138. The van der Waals surface area contributed by atoms with Gasteiger partial charge in [0.1, 0.15) is 5.75 Å². The highest BCUT2D eigenvalue weighted by Gasteiger charge is 2.36. The van der Waals surface area contributed by atoms with Gasteiger partial charge in [0.05, 0.1) is 6.61 Å². The predicted molar refractivity (Wildman–Crippen MR) is 98.0 cm³/mol. The van der Waals surface area contributed by atoms with Crippen LogP contribution in [0.2, 0.25) is 0 Å². The number of aliphatic hydroxyl groups is 1. The Morgan fingerprint density at radius 3 is 2.68 bits per heavy atom. The molecule has 1 heterocycles. The molecule has 0 aromatic heterocycles. The maximum absolute atomic E-state index is 12.6. The lowest BCUT2D eigenvalue weighted by Gasteiger charge is -2.41. The largest absolute Gasteiger partial charge is 0.483 e. The first-order chi connectivity index (χ1) is 11.9. The zero-order valence-electron chi connectivity index (χ0n) is 15.9. The van der Waals surface area contributed by atoms with E-state index in [1.54, 1.807) is 7.11 Å². The summed E-state index contributed by atoms with van der Waals surface area (Å²) < 4.78 is 11.0. The number of amides is 1. The van der Waals surface area contributed by atoms with Crippen LogP contribution in [0.4, 0.5) is 0 Å². The molecule has 0 unspecified atom stereocenters. The van der Waals surface area contributed by atoms with Crippen molar-refractivity contribution in [3.05, 3.63) is 28.8 Å². The zero-order chi connectivity index (χ0) is 18.4. The number of likely N-dealkylation sites (tertiary alicyclic amines) is 1. The van der Waals surface area contributed by atoms with E-state index in [0.29, 0.717) is 13.2 Å². The van der Waals surface area contributed by atoms with Gasteiger partial charge in [0, 0.05) is 32.2 Å². The Labute approximate surface area is 150 Å². The van der Waals surface area contributed by atoms with Crippen LogP contribution in [0.25, 0.3) is 0 Å². The molecule has 0 aliphatic carbocycles. The topological polar surface area (TPSA) is 59.0 Å². The van der Waals surface area contributed by atoms with Crippen molar-refractivity contribution in [2.24, 2.45) is 5.41 Å². The van der Waals surface area contributed by atoms with Crippen molar-refractivity contribution in [3.63, 3.8) is 0 Å². The Morgan fingerprint density at radius 1 is 1.28 bits per heavy atom. The van der Waals surface area contributed by atoms with Gasteiger partial charge in [0.2, 0.25) is 0 Å². The van der Waals surface area contributed by atoms with Gasteiger partial charge in [0.15, 0.2) is 6.61 Å². The van der Waals surface area contributed by atoms with E-state index < -0.39 is 0 Å². The van der Waals surface area contributed by atoms with E-state index in [1.165, 1.54) is 0 Å². The fraction of sp³-hybridized carbons (Fsp3) is 0.650. The minimum atomic E-state index is -0.251. The smallest absolute Gasteiger partial charge is 0.260 e. The van der Waals surface area contributed by atoms with Crippen molar-refractivity contribution in [3.8, 4) is 5.75 Å². The SMILES string of the molecule is COCC[C@@]1(CO)CCCN(C(=O)COc2c(C)ccc(C)c2C)C1. The van der Waals surface area contributed by atoms with Crippen LogP contribution in [-0.4, -0.2) is 55.9 Å². The van der Waals surface area contributed by atoms with Crippen molar-refractivity contribution < 1.29 is 19.4 Å². The first-order valence-electron chi connectivity index (χ1n) is 8.99. The normalized spacial score (nSPS) is 20.6. The number of benzene rings is 1. The molecule has 0 spiro atoms. The summed E-state index contributed by atoms with van der Waals surface area (Å²) in [6, 6.07) is 4.08. The van der Waals surface area contributed by atoms with Gasteiger partial charge in [-0.05, 0) is 56.7 Å². The Morgan fingerprint density at radius 2 is 2.00 bits per heavy atom. The number of carbonyl (C=O) groups excluding carboxylic acids is 1. The lowest BCUT2D eigenvalue weighted by Crippen LogP contribution is -2.49. The Kier molecular flexibility index (Phi) is 6.85. The van der Waals surface area contributed by atoms with E-state index in [1.807, 2.05) is 31.7 Å². The number of carbonyl (C=O) groups is 1. The van der Waals surface area contributed by atoms with Gasteiger partial charge in [-0.1, -0.05) is 12.1 Å². The number of aryl methyl sites for hydroxylation is 2. The summed E-state index contributed by atoms with van der Waals surface area (Å²) in [5, 5.41) is 9.85. The number of nitrogens with zero attached hydrogens (tertiary/aromatic N) is 1. The van der Waals surface area contributed by atoms with Gasteiger partial charge in [-0.25, -0.2) is 0 Å². The van der Waals surface area contributed by atoms with Gasteiger partial charge in [-0.15, -0.1) is 0 Å². The van der Waals surface area contributed by atoms with Crippen LogP contribution in [0.5, 0.6) is 5.75 Å². The van der Waals surface area contributed by atoms with Crippen LogP contribution in [0, 0.1) is 26.2 Å². The van der Waals surface area contributed by atoms with Crippen LogP contribution >= 0.6 is 0 Å². The van der Waals surface area contributed by atoms with Crippen molar-refractivity contribution in [2.45, 2.75) is 40.0 Å². The van der Waals surface area contributed by atoms with Gasteiger partial charge in [-0.2, -0.15) is 0 Å². The molecule has 1 aliphatic heterocycles. The van der Waals surface area contributed by atoms with E-state index >= 15 is 0 Å². The fourth-order valence-corrected chi connectivity index (χ4v) is 3.52. The number of piperidine rings is 1. The molecular formula is C20H31NO4. The number of ether oxygens (including phenoxy) is 2. The van der Waals surface area contributed by atoms with E-state index in [9.17, 15) is 9.90 Å². The summed E-state index contributed by atoms with van der Waals surface area (Å²) in [7, 11) is 1.66. The van der Waals surface area contributed by atoms with Gasteiger partial charge < -0.3 is 19.5 Å². The van der Waals surface area contributed by atoms with Crippen LogP contribution in [0.1, 0.15) is 36.0 Å². The van der Waals surface area contributed by atoms with E-state index in [-0.39, 0.29) is 24.5 Å². The average Bonchev–Trinajstić information content (AvgIpc) is 2.63. The second-order valence-corrected chi connectivity index (χ2v) is 7.26. The minimum absolute atomic E-state index is 0.0183. The highest BCUT2D eigenvalue weighted by molar-refractivity contribution is 5.78. The standard InChI is InChI=1S/C20H31NO4/c1-15-6-7-16(2)19(17(15)3)25-12-18(23)21-10-5-8-20(13-21,14-22)9-11-24-4/h6-7,22H,5,8-14H2,1-4H3/t20-/m0/s1. The maximum Gasteiger partial charge on any atom is 0.260 e. The molecule has 0 saturated carbocycles. The Bertz CT molecular complexity index is 602. The molecule has 25 heavy (non-hydrogen) atoms. The second kappa shape index (κ2) is 8.68. The lowest BCUT2D eigenvalue weighted by atomic mass is 9.78. The quantitative estimate of drug-likeness (QED) is 0.822. The van der Waals surface area contributed by atoms with Crippen LogP contribution in [-0.2, 0) is 9.53 Å². The van der Waals surface area contributed by atoms with E-state index in [0.717, 1.165) is 48.2 Å². The summed E-state index contributed by atoms with van der Waals surface area (Å²) in [5.41, 5.74) is 3.03. The predicted octanol–water partition coefficient (Wildman–Crippen LogP) is 2.63. The number of hydrogen-bond donors (Lipinski definition) is 1. The van der Waals surface area contributed by atoms with Crippen LogP contribution in [0.15, 0.2) is 12.1 Å². The van der Waals surface area contributed by atoms with Crippen LogP contribution in [0.3, 0.4) is 0 Å². The molecule has 1 aromatic rings. The summed E-state index contributed by atoms with van der Waals surface area (Å²) in [6.07, 6.45) is 2.59. The first-order valence-corrected chi connectivity index (χ1v) is 8.99. The van der Waals surface area contributed by atoms with Gasteiger partial charge >= 0.3 is 0 Å². The highest BCUT2D eigenvalue weighted by atomic mass is 16.5. The third kappa shape index (κ3) is 4.73. The van der Waals surface area contributed by atoms with Crippen molar-refractivity contribution >= 4 is 5.91 Å². The summed E-state index contributed by atoms with van der Waals surface area (Å²) in [4.78, 5) is 14.5. The molecule has 1 atom stereocenters. The summed E-state index contributed by atoms with van der Waals surface area (Å²) >= 11 is 0. The highest BCUT2D eigenvalue weighted by Crippen LogP contribution is 2.33. The summed E-state index contributed by atoms with van der Waals surface area (Å²) in [6.45, 7) is 8.07. The van der Waals surface area contributed by atoms with Gasteiger partial charge in [0.25, 0.3) is 5.91 Å². The third-order valence-corrected chi connectivity index (χ3v) is 5.40. The molecule has 5 heteroatoms. The van der Waals surface area contributed by atoms with Crippen molar-refractivity contribution in [2.75, 3.05) is 40.0 Å². The Balaban J connectivity index is 2.00. The first kappa shape index (κ1) is 19.7. The second-order valence-electron chi connectivity index (χ2n) is 7.26. The average molecular weight is 349 g/mol. The van der Waals surface area contributed by atoms with Crippen LogP contribution < -0.4 is 4.74 Å². The molecule has 1 saturated heterocycles. The Hall–Kier alpha value is -1.59. The number of rotatable bonds is 7. The van der Waals surface area contributed by atoms with Gasteiger partial charge in [-0.3, -0.25) is 4.79 Å². The molecule has 1 N–H and O–H groups in total. The molecule has 0 radical (unpaired) electrons. The molecule has 1 fully saturated rings. The minimum Gasteiger partial charge on any atom is -0.483 e. The number of methoxy groups -OCH3 is 1. The molecule has 2 rings (SSSR count). The molecular weight excluding hydrogens is 318 g/mol. The van der Waals surface area contributed by atoms with E-state index in [2.05, 4.69) is 6.07 Å². The fourth-order valence-electron chi connectivity index (χ4n) is 3.52. The zero-order valence-corrected chi connectivity index (χ0v) is 15.9. The third-order valence-electron chi connectivity index (χ3n) is 5.40. The van der Waals surface area contributed by atoms with Crippen molar-refractivity contribution in [1.29, 1.82) is 0 Å². The summed E-state index contributed by atoms with van der Waals surface area (Å²) in [5.74, 6) is 0.786. The molecule has 1 amide bonds. The molecule has 1 aromatic carbocycles. The number of aliphatic hydroxyl groups excluding tert-OH is 1. The monoisotopic (exact) mass is 349 g/mol. The maximum atomic E-state index is 12.6. The number of hydrogen-bond acceptors (Lipinski definition) is 4. The molecule has 1 aliphatic rings. The molecule has 0 bridgehead atoms. The molecule has 5 nitrogen and oxygen atoms in total. The van der Waals surface area contributed by atoms with E-state index in [4.69, 9.17) is 9.47 Å².